The molecule has 0 unspecified atom stereocenters. The first-order valence-corrected chi connectivity index (χ1v) is 4.58. The number of hydrogen-bond acceptors (Lipinski definition) is 2. The first kappa shape index (κ1) is 6.63. The van der Waals surface area contributed by atoms with Crippen molar-refractivity contribution in [3.63, 3.8) is 0 Å². The average molecular weight is 207 g/mol. The Morgan fingerprint density at radius 3 is 3.20 bits per heavy atom. The molecule has 0 aliphatic carbocycles. The van der Waals surface area contributed by atoms with Gasteiger partial charge in [0, 0.05) is 23.5 Å². The summed E-state index contributed by atoms with van der Waals surface area (Å²) in [4.78, 5) is 12.1. The highest BCUT2D eigenvalue weighted by Crippen LogP contribution is 2.18. The summed E-state index contributed by atoms with van der Waals surface area (Å²) in [5.41, 5.74) is 1.51. The number of aliphatic carboxylic acids is 1. The number of fused-ring (bicyclic) bond motifs is 1. The number of aromatic nitrogens is 1. The molecular formula is C11H12N2O2. The van der Waals surface area contributed by atoms with Crippen molar-refractivity contribution >= 4 is 16.9 Å². The molecule has 0 fully saturated rings. The van der Waals surface area contributed by atoms with E-state index in [1.165, 1.54) is 11.2 Å². The van der Waals surface area contributed by atoms with E-state index in [-0.39, 0.29) is 12.1 Å². The smallest absolute Gasteiger partial charge is 0.320 e. The van der Waals surface area contributed by atoms with E-state index in [4.69, 9.17) is 9.34 Å². The van der Waals surface area contributed by atoms with Gasteiger partial charge in [-0.3, -0.25) is 4.79 Å². The van der Waals surface area contributed by atoms with Crippen molar-refractivity contribution in [1.82, 2.24) is 4.98 Å². The fourth-order valence-electron chi connectivity index (χ4n) is 1.53. The summed E-state index contributed by atoms with van der Waals surface area (Å²) in [5, 5.41) is 9.73. The average Bonchev–Trinajstić information content (AvgIpc) is 2.63. The fourth-order valence-corrected chi connectivity index (χ4v) is 1.53. The Hall–Kier alpha value is -1.81. The van der Waals surface area contributed by atoms with Crippen LogP contribution in [0.2, 0.25) is 4.24 Å². The van der Waals surface area contributed by atoms with E-state index in [1.807, 2.05) is 0 Å². The van der Waals surface area contributed by atoms with Crippen LogP contribution in [0.5, 0.6) is 0 Å². The number of carbonyl (C=O) groups is 1. The first-order valence-electron chi connectivity index (χ1n) is 5.93. The number of nitrogens with two attached hydrogens (primary N) is 1. The summed E-state index contributed by atoms with van der Waals surface area (Å²) in [6.07, 6.45) is 1.54. The molecule has 0 aliphatic heterocycles. The Labute approximate surface area is 91.1 Å². The molecule has 1 heterocycles. The van der Waals surface area contributed by atoms with E-state index in [1.54, 1.807) is 24.3 Å². The molecule has 0 spiro atoms. The van der Waals surface area contributed by atoms with Gasteiger partial charge in [0.2, 0.25) is 0 Å². The minimum absolute atomic E-state index is 0.0225. The van der Waals surface area contributed by atoms with Crippen LogP contribution in [-0.4, -0.2) is 22.1 Å². The molecule has 1 atom stereocenters. The molecule has 1 aromatic carbocycles. The van der Waals surface area contributed by atoms with Crippen LogP contribution in [0.1, 0.15) is 5.56 Å². The Balaban J connectivity index is 2.40. The van der Waals surface area contributed by atoms with Gasteiger partial charge in [-0.2, -0.15) is 0 Å². The van der Waals surface area contributed by atoms with Crippen molar-refractivity contribution in [2.75, 3.05) is 0 Å². The summed E-state index contributed by atoms with van der Waals surface area (Å²) in [5.74, 6) is -1.22. The van der Waals surface area contributed by atoms with Gasteiger partial charge in [-0.15, -0.1) is 0 Å². The molecule has 2 rings (SSSR count). The Morgan fingerprint density at radius 2 is 2.47 bits per heavy atom. The topological polar surface area (TPSA) is 79.1 Å². The maximum absolute atomic E-state index is 11.0. The number of carboxylic acid groups (broad SMARTS) is 1. The zero-order valence-electron chi connectivity index (χ0n) is 10.9. The summed E-state index contributed by atoms with van der Waals surface area (Å²) >= 11 is 0. The first-order chi connectivity index (χ1) is 8.50. The van der Waals surface area contributed by atoms with E-state index in [0.717, 1.165) is 5.39 Å². The third-order valence-electron chi connectivity index (χ3n) is 2.31. The fraction of sp³-hybridized carbons (Fsp3) is 0.182. The van der Waals surface area contributed by atoms with Gasteiger partial charge in [0.1, 0.15) is 8.87 Å². The quantitative estimate of drug-likeness (QED) is 0.703. The van der Waals surface area contributed by atoms with Crippen molar-refractivity contribution < 1.29 is 14.1 Å². The monoisotopic (exact) mass is 207 g/mol. The molecule has 0 aliphatic rings. The summed E-state index contributed by atoms with van der Waals surface area (Å²) < 4.78 is 21.9. The number of carboxylic acids is 1. The number of aromatic amines is 1. The van der Waals surface area contributed by atoms with Gasteiger partial charge in [-0.05, 0) is 11.6 Å². The number of rotatable bonds is 4. The number of hydrogen-bond donors (Lipinski definition) is 3. The van der Waals surface area contributed by atoms with E-state index < -0.39 is 12.0 Å². The van der Waals surface area contributed by atoms with Crippen molar-refractivity contribution in [3.8, 4) is 0 Å². The summed E-state index contributed by atoms with van der Waals surface area (Å²) in [6, 6.07) is 5.93. The zero-order valence-corrected chi connectivity index (χ0v) is 7.92. The van der Waals surface area contributed by atoms with Crippen LogP contribution in [0, 0.1) is 0 Å². The minimum atomic E-state index is -1.24. The molecule has 0 amide bonds. The molecule has 1 aromatic heterocycles. The van der Waals surface area contributed by atoms with E-state index in [0.29, 0.717) is 11.1 Å². The van der Waals surface area contributed by atoms with E-state index >= 15 is 0 Å². The molecule has 4 N–H and O–H groups in total. The molecule has 4 nitrogen and oxygen atoms in total. The van der Waals surface area contributed by atoms with Crippen LogP contribution in [0.25, 0.3) is 10.9 Å². The Morgan fingerprint density at radius 1 is 1.67 bits per heavy atom. The lowest BCUT2D eigenvalue weighted by Crippen LogP contribution is -2.32. The molecule has 4 heteroatoms. The van der Waals surface area contributed by atoms with Gasteiger partial charge in [0.15, 0.2) is 1.41 Å². The van der Waals surface area contributed by atoms with Crippen LogP contribution >= 0.6 is 0 Å². The lowest BCUT2D eigenvalue weighted by molar-refractivity contribution is -0.138. The molecule has 0 bridgehead atoms. The number of para-hydroxylation sites is 1. The highest BCUT2D eigenvalue weighted by atomic mass is 16.4. The molecule has 0 saturated carbocycles. The Kier molecular flexibility index (Phi) is 1.66. The van der Waals surface area contributed by atoms with Crippen molar-refractivity contribution in [3.05, 3.63) is 36.0 Å². The third-order valence-corrected chi connectivity index (χ3v) is 2.31. The Bertz CT molecular complexity index is 583. The van der Waals surface area contributed by atoms with Crippen LogP contribution < -0.4 is 5.72 Å². The van der Waals surface area contributed by atoms with E-state index in [9.17, 15) is 4.79 Å². The molecule has 0 radical (unpaired) electrons. The molecule has 0 saturated heterocycles. The second kappa shape index (κ2) is 3.74. The minimum Gasteiger partial charge on any atom is -0.480 e. The SMILES string of the molecule is [2H]N([2H])[C@@H](Cc1cn([2H])c2ccccc12)C(=O)O. The lowest BCUT2D eigenvalue weighted by Gasteiger charge is -2.04. The predicted molar refractivity (Wildman–Crippen MR) is 57.6 cm³/mol. The van der Waals surface area contributed by atoms with Crippen LogP contribution in [0.4, 0.5) is 0 Å². The normalized spacial score (nSPS) is 15.9. The number of H-pyrrole nitrogens is 1. The summed E-state index contributed by atoms with van der Waals surface area (Å²) in [7, 11) is 0. The van der Waals surface area contributed by atoms with Gasteiger partial charge in [0.05, 0.1) is 0 Å². The largest absolute Gasteiger partial charge is 0.480 e. The second-order valence-electron chi connectivity index (χ2n) is 3.36. The van der Waals surface area contributed by atoms with Crippen LogP contribution in [-0.2, 0) is 11.2 Å². The molecule has 2 aromatic rings. The highest BCUT2D eigenvalue weighted by molar-refractivity contribution is 5.84. The second-order valence-corrected chi connectivity index (χ2v) is 3.36. The predicted octanol–water partition coefficient (Wildman–Crippen LogP) is 1.12. The van der Waals surface area contributed by atoms with E-state index in [2.05, 4.69) is 0 Å². The maximum Gasteiger partial charge on any atom is 0.320 e. The van der Waals surface area contributed by atoms with Gasteiger partial charge >= 0.3 is 5.97 Å². The third kappa shape index (κ3) is 1.85. The van der Waals surface area contributed by atoms with Crippen molar-refractivity contribution in [1.29, 1.82) is 0 Å². The van der Waals surface area contributed by atoms with Gasteiger partial charge in [-0.25, -0.2) is 0 Å². The standard InChI is InChI=1S/C11H12N2O2/c12-9(11(14)15)5-7-6-13-10-4-2-1-3-8(7)10/h1-4,6,9,13H,5,12H2,(H,14,15)/t9-/m0/s1/i/hD3. The van der Waals surface area contributed by atoms with Gasteiger partial charge < -0.3 is 15.8 Å². The molecule has 15 heavy (non-hydrogen) atoms. The highest BCUT2D eigenvalue weighted by Gasteiger charge is 2.14. The van der Waals surface area contributed by atoms with Gasteiger partial charge in [-0.1, -0.05) is 18.2 Å². The van der Waals surface area contributed by atoms with Crippen LogP contribution in [0.3, 0.4) is 0 Å². The number of nitrogens with one attached hydrogen (secondary N) is 1. The van der Waals surface area contributed by atoms with Crippen LogP contribution in [0.15, 0.2) is 30.5 Å². The summed E-state index contributed by atoms with van der Waals surface area (Å²) in [6.45, 7) is 0. The van der Waals surface area contributed by atoms with Crippen molar-refractivity contribution in [2.24, 2.45) is 5.72 Å². The maximum atomic E-state index is 11.0. The number of benzene rings is 1. The zero-order chi connectivity index (χ0) is 13.3. The van der Waals surface area contributed by atoms with Gasteiger partial charge in [0.25, 0.3) is 0 Å². The van der Waals surface area contributed by atoms with Crippen molar-refractivity contribution in [2.45, 2.75) is 12.5 Å². The lowest BCUT2D eigenvalue weighted by atomic mass is 10.1. The molecular weight excluding hydrogens is 192 g/mol. The molecule has 78 valence electrons.